The summed E-state index contributed by atoms with van der Waals surface area (Å²) in [6.45, 7) is 4.49. The first-order chi connectivity index (χ1) is 15.5. The first kappa shape index (κ1) is 22.2. The van der Waals surface area contributed by atoms with Gasteiger partial charge >= 0.3 is 0 Å². The zero-order chi connectivity index (χ0) is 22.7. The Hall–Kier alpha value is -3.02. The van der Waals surface area contributed by atoms with Gasteiger partial charge in [-0.3, -0.25) is 9.59 Å². The number of amides is 2. The number of nitrogens with one attached hydrogen (secondary N) is 1. The van der Waals surface area contributed by atoms with E-state index < -0.39 is 5.54 Å². The zero-order valence-electron chi connectivity index (χ0n) is 19.1. The van der Waals surface area contributed by atoms with Crippen molar-refractivity contribution in [2.45, 2.75) is 64.0 Å². The number of carbonyl (C=O) groups excluding carboxylic acids is 2. The van der Waals surface area contributed by atoms with Crippen molar-refractivity contribution in [2.75, 3.05) is 19.0 Å². The Morgan fingerprint density at radius 2 is 1.81 bits per heavy atom. The first-order valence-electron chi connectivity index (χ1n) is 11.5. The molecule has 1 atom stereocenters. The van der Waals surface area contributed by atoms with Gasteiger partial charge in [0.25, 0.3) is 0 Å². The highest BCUT2D eigenvalue weighted by atomic mass is 16.5. The van der Waals surface area contributed by atoms with Gasteiger partial charge in [-0.25, -0.2) is 0 Å². The third-order valence-corrected chi connectivity index (χ3v) is 6.69. The minimum absolute atomic E-state index is 0.0313. The standard InChI is InChI=1S/C26H32N2O4/c1-4-32-22-13-10-19(16-23(22)31-3)21-17-24(29)28(21)26(14-6-5-7-15-26)25(30)27-20-11-8-18(2)9-12-20/h8-13,16,21H,4-7,14-15,17H2,1-3H3,(H,27,30)/t21-/m1/s1. The topological polar surface area (TPSA) is 67.9 Å². The van der Waals surface area contributed by atoms with Crippen molar-refractivity contribution in [1.82, 2.24) is 4.90 Å². The van der Waals surface area contributed by atoms with Crippen LogP contribution in [0.5, 0.6) is 11.5 Å². The molecule has 6 heteroatoms. The maximum Gasteiger partial charge on any atom is 0.250 e. The van der Waals surface area contributed by atoms with E-state index in [-0.39, 0.29) is 17.9 Å². The molecule has 32 heavy (non-hydrogen) atoms. The van der Waals surface area contributed by atoms with Gasteiger partial charge in [0.05, 0.1) is 26.2 Å². The number of rotatable bonds is 7. The van der Waals surface area contributed by atoms with E-state index in [4.69, 9.17) is 9.47 Å². The summed E-state index contributed by atoms with van der Waals surface area (Å²) in [6, 6.07) is 13.4. The van der Waals surface area contributed by atoms with E-state index >= 15 is 0 Å². The number of likely N-dealkylation sites (tertiary alicyclic amines) is 1. The molecule has 0 spiro atoms. The van der Waals surface area contributed by atoms with Crippen LogP contribution in [-0.2, 0) is 9.59 Å². The fraction of sp³-hybridized carbons (Fsp3) is 0.462. The number of benzene rings is 2. The Bertz CT molecular complexity index is 980. The molecule has 2 aromatic carbocycles. The average Bonchev–Trinajstić information content (AvgIpc) is 2.80. The summed E-state index contributed by atoms with van der Waals surface area (Å²) in [7, 11) is 1.61. The molecule has 1 N–H and O–H groups in total. The van der Waals surface area contributed by atoms with Gasteiger partial charge < -0.3 is 19.7 Å². The number of methoxy groups -OCH3 is 1. The van der Waals surface area contributed by atoms with Crippen molar-refractivity contribution in [3.8, 4) is 11.5 Å². The molecule has 2 fully saturated rings. The molecular formula is C26H32N2O4. The minimum atomic E-state index is -0.824. The molecule has 6 nitrogen and oxygen atoms in total. The van der Waals surface area contributed by atoms with Crippen LogP contribution in [0, 0.1) is 6.92 Å². The molecule has 0 aromatic heterocycles. The van der Waals surface area contributed by atoms with Gasteiger partial charge in [0.1, 0.15) is 5.54 Å². The highest BCUT2D eigenvalue weighted by molar-refractivity contribution is 6.02. The van der Waals surface area contributed by atoms with Crippen molar-refractivity contribution >= 4 is 17.5 Å². The SMILES string of the molecule is CCOc1ccc([C@H]2CC(=O)N2C2(C(=O)Nc3ccc(C)cc3)CCCCC2)cc1OC. The first-order valence-corrected chi connectivity index (χ1v) is 11.5. The van der Waals surface area contributed by atoms with Crippen LogP contribution < -0.4 is 14.8 Å². The molecule has 1 aliphatic carbocycles. The monoisotopic (exact) mass is 436 g/mol. The summed E-state index contributed by atoms with van der Waals surface area (Å²) < 4.78 is 11.2. The second-order valence-electron chi connectivity index (χ2n) is 8.74. The number of carbonyl (C=O) groups is 2. The maximum atomic E-state index is 13.6. The quantitative estimate of drug-likeness (QED) is 0.619. The molecule has 1 aliphatic heterocycles. The molecule has 1 saturated heterocycles. The summed E-state index contributed by atoms with van der Waals surface area (Å²) in [4.78, 5) is 28.4. The smallest absolute Gasteiger partial charge is 0.250 e. The molecule has 170 valence electrons. The van der Waals surface area contributed by atoms with E-state index in [1.165, 1.54) is 0 Å². The van der Waals surface area contributed by atoms with Crippen molar-refractivity contribution in [2.24, 2.45) is 0 Å². The summed E-state index contributed by atoms with van der Waals surface area (Å²) in [5.74, 6) is 1.27. The molecule has 1 saturated carbocycles. The Kier molecular flexibility index (Phi) is 6.40. The van der Waals surface area contributed by atoms with Gasteiger partial charge in [-0.1, -0.05) is 43.0 Å². The van der Waals surface area contributed by atoms with Crippen LogP contribution in [0.4, 0.5) is 5.69 Å². The molecule has 0 bridgehead atoms. The number of nitrogens with zero attached hydrogens (tertiary/aromatic N) is 1. The normalized spacial score (nSPS) is 19.8. The second-order valence-corrected chi connectivity index (χ2v) is 8.74. The van der Waals surface area contributed by atoms with Crippen LogP contribution in [0.1, 0.15) is 62.6 Å². The van der Waals surface area contributed by atoms with E-state index in [2.05, 4.69) is 5.32 Å². The van der Waals surface area contributed by atoms with Gasteiger partial charge in [-0.05, 0) is 56.5 Å². The Morgan fingerprint density at radius 1 is 1.09 bits per heavy atom. The van der Waals surface area contributed by atoms with Crippen LogP contribution in [0.25, 0.3) is 0 Å². The Morgan fingerprint density at radius 3 is 2.44 bits per heavy atom. The lowest BCUT2D eigenvalue weighted by Gasteiger charge is -2.54. The summed E-state index contributed by atoms with van der Waals surface area (Å²) >= 11 is 0. The Balaban J connectivity index is 1.64. The van der Waals surface area contributed by atoms with Gasteiger partial charge in [0.15, 0.2) is 11.5 Å². The second kappa shape index (κ2) is 9.23. The predicted octanol–water partition coefficient (Wildman–Crippen LogP) is 5.02. The van der Waals surface area contributed by atoms with Crippen LogP contribution in [-0.4, -0.2) is 36.0 Å². The van der Waals surface area contributed by atoms with Crippen molar-refractivity contribution in [1.29, 1.82) is 0 Å². The largest absolute Gasteiger partial charge is 0.493 e. The fourth-order valence-corrected chi connectivity index (χ4v) is 4.98. The zero-order valence-corrected chi connectivity index (χ0v) is 19.1. The third kappa shape index (κ3) is 4.06. The molecule has 0 radical (unpaired) electrons. The van der Waals surface area contributed by atoms with Crippen LogP contribution in [0.15, 0.2) is 42.5 Å². The predicted molar refractivity (Wildman–Crippen MR) is 124 cm³/mol. The van der Waals surface area contributed by atoms with E-state index in [0.29, 0.717) is 37.4 Å². The number of ether oxygens (including phenoxy) is 2. The van der Waals surface area contributed by atoms with Crippen LogP contribution >= 0.6 is 0 Å². The minimum Gasteiger partial charge on any atom is -0.493 e. The lowest BCUT2D eigenvalue weighted by atomic mass is 9.74. The number of hydrogen-bond donors (Lipinski definition) is 1. The molecule has 4 rings (SSSR count). The molecule has 1 heterocycles. The Labute approximate surface area is 189 Å². The lowest BCUT2D eigenvalue weighted by Crippen LogP contribution is -2.65. The van der Waals surface area contributed by atoms with Gasteiger partial charge in [0.2, 0.25) is 11.8 Å². The van der Waals surface area contributed by atoms with Crippen molar-refractivity contribution in [3.63, 3.8) is 0 Å². The third-order valence-electron chi connectivity index (χ3n) is 6.69. The molecule has 2 aliphatic rings. The lowest BCUT2D eigenvalue weighted by molar-refractivity contribution is -0.166. The van der Waals surface area contributed by atoms with Gasteiger partial charge in [0, 0.05) is 5.69 Å². The molecule has 0 unspecified atom stereocenters. The highest BCUT2D eigenvalue weighted by Crippen LogP contribution is 2.48. The molecular weight excluding hydrogens is 404 g/mol. The van der Waals surface area contributed by atoms with E-state index in [1.807, 2.05) is 61.2 Å². The van der Waals surface area contributed by atoms with Crippen molar-refractivity contribution in [3.05, 3.63) is 53.6 Å². The highest BCUT2D eigenvalue weighted by Gasteiger charge is 2.54. The van der Waals surface area contributed by atoms with Crippen LogP contribution in [0.3, 0.4) is 0 Å². The van der Waals surface area contributed by atoms with E-state index in [9.17, 15) is 9.59 Å². The number of β-lactam (4-membered cyclic amide) rings is 1. The number of anilines is 1. The number of aryl methyl sites for hydroxylation is 1. The number of hydrogen-bond acceptors (Lipinski definition) is 4. The van der Waals surface area contributed by atoms with Crippen molar-refractivity contribution < 1.29 is 19.1 Å². The fourth-order valence-electron chi connectivity index (χ4n) is 4.98. The van der Waals surface area contributed by atoms with Gasteiger partial charge in [-0.2, -0.15) is 0 Å². The molecule has 2 amide bonds. The van der Waals surface area contributed by atoms with Crippen LogP contribution in [0.2, 0.25) is 0 Å². The molecule has 2 aromatic rings. The van der Waals surface area contributed by atoms with E-state index in [1.54, 1.807) is 7.11 Å². The summed E-state index contributed by atoms with van der Waals surface area (Å²) in [5, 5.41) is 3.09. The summed E-state index contributed by atoms with van der Waals surface area (Å²) in [6.07, 6.45) is 4.72. The van der Waals surface area contributed by atoms with Gasteiger partial charge in [-0.15, -0.1) is 0 Å². The van der Waals surface area contributed by atoms with E-state index in [0.717, 1.165) is 36.1 Å². The summed E-state index contributed by atoms with van der Waals surface area (Å²) in [5.41, 5.74) is 2.04. The maximum absolute atomic E-state index is 13.6. The average molecular weight is 437 g/mol.